The van der Waals surface area contributed by atoms with Gasteiger partial charge in [0.2, 0.25) is 5.91 Å². The first-order valence-corrected chi connectivity index (χ1v) is 5.03. The van der Waals surface area contributed by atoms with Gasteiger partial charge in [0.1, 0.15) is 0 Å². The molecule has 2 N–H and O–H groups in total. The quantitative estimate of drug-likeness (QED) is 0.691. The van der Waals surface area contributed by atoms with Gasteiger partial charge < -0.3 is 10.6 Å². The molecule has 0 radical (unpaired) electrons. The van der Waals surface area contributed by atoms with Gasteiger partial charge in [-0.25, -0.2) is 0 Å². The number of carbonyl (C=O) groups excluding carboxylic acids is 1. The van der Waals surface area contributed by atoms with Crippen molar-refractivity contribution >= 4 is 5.91 Å². The van der Waals surface area contributed by atoms with E-state index < -0.39 is 5.54 Å². The Hall–Kier alpha value is -0.830. The maximum Gasteiger partial charge on any atom is 0.243 e. The van der Waals surface area contributed by atoms with Crippen molar-refractivity contribution in [3.8, 4) is 0 Å². The van der Waals surface area contributed by atoms with E-state index in [0.717, 1.165) is 12.8 Å². The van der Waals surface area contributed by atoms with Gasteiger partial charge in [0.25, 0.3) is 0 Å². The molecule has 0 heterocycles. The van der Waals surface area contributed by atoms with Crippen LogP contribution in [0.25, 0.3) is 0 Å². The fourth-order valence-electron chi connectivity index (χ4n) is 1.41. The Morgan fingerprint density at radius 1 is 1.57 bits per heavy atom. The molecule has 0 bridgehead atoms. The first-order valence-electron chi connectivity index (χ1n) is 5.03. The Morgan fingerprint density at radius 2 is 2.07 bits per heavy atom. The topological polar surface area (TPSA) is 46.3 Å². The van der Waals surface area contributed by atoms with Crippen molar-refractivity contribution in [1.29, 1.82) is 0 Å². The van der Waals surface area contributed by atoms with Crippen molar-refractivity contribution in [2.45, 2.75) is 44.7 Å². The van der Waals surface area contributed by atoms with Crippen LogP contribution in [0.2, 0.25) is 0 Å². The fraction of sp³-hybridized carbons (Fsp3) is 0.727. The van der Waals surface area contributed by atoms with E-state index in [1.165, 1.54) is 0 Å². The molecule has 1 rings (SSSR count). The summed E-state index contributed by atoms with van der Waals surface area (Å²) in [4.78, 5) is 13.8. The van der Waals surface area contributed by atoms with Crippen LogP contribution in [-0.2, 0) is 4.79 Å². The molecule has 1 aliphatic rings. The summed E-state index contributed by atoms with van der Waals surface area (Å²) in [5, 5.41) is 0. The SMILES string of the molecule is C=CCN(C(=O)C1(N)CC1)C(C)(C)C. The fourth-order valence-corrected chi connectivity index (χ4v) is 1.41. The molecule has 80 valence electrons. The highest BCUT2D eigenvalue weighted by atomic mass is 16.2. The van der Waals surface area contributed by atoms with Crippen LogP contribution in [0.4, 0.5) is 0 Å². The van der Waals surface area contributed by atoms with Crippen LogP contribution in [0.3, 0.4) is 0 Å². The largest absolute Gasteiger partial charge is 0.333 e. The zero-order valence-electron chi connectivity index (χ0n) is 9.34. The Balaban J connectivity index is 2.77. The molecule has 0 aromatic heterocycles. The van der Waals surface area contributed by atoms with E-state index in [1.807, 2.05) is 20.8 Å². The summed E-state index contributed by atoms with van der Waals surface area (Å²) < 4.78 is 0. The third kappa shape index (κ3) is 2.15. The summed E-state index contributed by atoms with van der Waals surface area (Å²) >= 11 is 0. The van der Waals surface area contributed by atoms with Crippen molar-refractivity contribution in [1.82, 2.24) is 4.90 Å². The van der Waals surface area contributed by atoms with E-state index in [0.29, 0.717) is 6.54 Å². The summed E-state index contributed by atoms with van der Waals surface area (Å²) in [6.07, 6.45) is 3.38. The number of hydrogen-bond acceptors (Lipinski definition) is 2. The standard InChI is InChI=1S/C11H20N2O/c1-5-8-13(10(2,3)4)9(14)11(12)6-7-11/h5H,1,6-8,12H2,2-4H3. The molecule has 0 unspecified atom stereocenters. The number of nitrogens with zero attached hydrogens (tertiary/aromatic N) is 1. The van der Waals surface area contributed by atoms with E-state index in [4.69, 9.17) is 5.73 Å². The van der Waals surface area contributed by atoms with Gasteiger partial charge in [-0.1, -0.05) is 6.08 Å². The zero-order chi connectivity index (χ0) is 11.0. The molecule has 1 aliphatic carbocycles. The third-order valence-corrected chi connectivity index (χ3v) is 2.58. The minimum absolute atomic E-state index is 0.0601. The number of carbonyl (C=O) groups is 1. The van der Waals surface area contributed by atoms with Crippen molar-refractivity contribution in [3.63, 3.8) is 0 Å². The normalized spacial score (nSPS) is 18.9. The minimum Gasteiger partial charge on any atom is -0.333 e. The van der Waals surface area contributed by atoms with Gasteiger partial charge in [-0.3, -0.25) is 4.79 Å². The highest BCUT2D eigenvalue weighted by Gasteiger charge is 2.49. The molecule has 1 saturated carbocycles. The van der Waals surface area contributed by atoms with E-state index in [1.54, 1.807) is 11.0 Å². The lowest BCUT2D eigenvalue weighted by Gasteiger charge is -2.36. The predicted molar refractivity (Wildman–Crippen MR) is 57.8 cm³/mol. The molecule has 0 aromatic rings. The molecule has 3 heteroatoms. The van der Waals surface area contributed by atoms with Crippen LogP contribution in [-0.4, -0.2) is 28.4 Å². The predicted octanol–water partition coefficient (Wildman–Crippen LogP) is 1.29. The highest BCUT2D eigenvalue weighted by molar-refractivity contribution is 5.89. The van der Waals surface area contributed by atoms with Crippen molar-refractivity contribution in [2.75, 3.05) is 6.54 Å². The second kappa shape index (κ2) is 3.39. The van der Waals surface area contributed by atoms with Crippen LogP contribution in [0, 0.1) is 0 Å². The van der Waals surface area contributed by atoms with E-state index in [2.05, 4.69) is 6.58 Å². The van der Waals surface area contributed by atoms with E-state index in [9.17, 15) is 4.79 Å². The van der Waals surface area contributed by atoms with Gasteiger partial charge in [-0.15, -0.1) is 6.58 Å². The van der Waals surface area contributed by atoms with Crippen molar-refractivity contribution < 1.29 is 4.79 Å². The summed E-state index contributed by atoms with van der Waals surface area (Å²) in [5.41, 5.74) is 5.14. The summed E-state index contributed by atoms with van der Waals surface area (Å²) in [5.74, 6) is 0.0601. The Labute approximate surface area is 86.0 Å². The van der Waals surface area contributed by atoms with Gasteiger partial charge in [-0.05, 0) is 33.6 Å². The summed E-state index contributed by atoms with van der Waals surface area (Å²) in [6.45, 7) is 10.3. The molecule has 14 heavy (non-hydrogen) atoms. The first kappa shape index (κ1) is 11.2. The molecular weight excluding hydrogens is 176 g/mol. The lowest BCUT2D eigenvalue weighted by molar-refractivity contribution is -0.137. The minimum atomic E-state index is -0.573. The monoisotopic (exact) mass is 196 g/mol. The molecule has 0 saturated heterocycles. The third-order valence-electron chi connectivity index (χ3n) is 2.58. The van der Waals surface area contributed by atoms with Crippen molar-refractivity contribution in [2.24, 2.45) is 5.73 Å². The molecular formula is C11H20N2O. The average Bonchev–Trinajstić information content (AvgIpc) is 2.77. The molecule has 3 nitrogen and oxygen atoms in total. The van der Waals surface area contributed by atoms with Gasteiger partial charge in [0.15, 0.2) is 0 Å². The number of nitrogens with two attached hydrogens (primary N) is 1. The Kier molecular flexibility index (Phi) is 2.72. The number of amides is 1. The molecule has 1 amide bonds. The lowest BCUT2D eigenvalue weighted by Crippen LogP contribution is -2.53. The lowest BCUT2D eigenvalue weighted by atomic mass is 10.0. The molecule has 0 aromatic carbocycles. The van der Waals surface area contributed by atoms with Crippen LogP contribution in [0.1, 0.15) is 33.6 Å². The number of hydrogen-bond donors (Lipinski definition) is 1. The van der Waals surface area contributed by atoms with E-state index >= 15 is 0 Å². The summed E-state index contributed by atoms with van der Waals surface area (Å²) in [6, 6.07) is 0. The van der Waals surface area contributed by atoms with Gasteiger partial charge in [-0.2, -0.15) is 0 Å². The summed E-state index contributed by atoms with van der Waals surface area (Å²) in [7, 11) is 0. The van der Waals surface area contributed by atoms with Gasteiger partial charge >= 0.3 is 0 Å². The average molecular weight is 196 g/mol. The van der Waals surface area contributed by atoms with Crippen LogP contribution < -0.4 is 5.73 Å². The molecule has 0 aliphatic heterocycles. The van der Waals surface area contributed by atoms with E-state index in [-0.39, 0.29) is 11.4 Å². The molecule has 1 fully saturated rings. The van der Waals surface area contributed by atoms with Gasteiger partial charge in [0, 0.05) is 12.1 Å². The maximum absolute atomic E-state index is 12.0. The van der Waals surface area contributed by atoms with Crippen LogP contribution >= 0.6 is 0 Å². The molecule has 0 spiro atoms. The smallest absolute Gasteiger partial charge is 0.243 e. The first-order chi connectivity index (χ1) is 6.31. The van der Waals surface area contributed by atoms with Crippen molar-refractivity contribution in [3.05, 3.63) is 12.7 Å². The van der Waals surface area contributed by atoms with Crippen LogP contribution in [0.5, 0.6) is 0 Å². The Morgan fingerprint density at radius 3 is 2.36 bits per heavy atom. The second-order valence-electron chi connectivity index (χ2n) is 5.03. The molecule has 0 atom stereocenters. The van der Waals surface area contributed by atoms with Crippen LogP contribution in [0.15, 0.2) is 12.7 Å². The van der Waals surface area contributed by atoms with Gasteiger partial charge in [0.05, 0.1) is 5.54 Å². The Bertz CT molecular complexity index is 249. The number of rotatable bonds is 3. The maximum atomic E-state index is 12.0. The zero-order valence-corrected chi connectivity index (χ0v) is 9.34. The highest BCUT2D eigenvalue weighted by Crippen LogP contribution is 2.35. The second-order valence-corrected chi connectivity index (χ2v) is 5.03.